The van der Waals surface area contributed by atoms with Crippen molar-refractivity contribution in [3.8, 4) is 0 Å². The van der Waals surface area contributed by atoms with Gasteiger partial charge in [-0.05, 0) is 49.6 Å². The maximum absolute atomic E-state index is 13.3. The van der Waals surface area contributed by atoms with E-state index in [1.165, 1.54) is 0 Å². The molecular formula is C23H23NO3. The summed E-state index contributed by atoms with van der Waals surface area (Å²) in [4.78, 5) is 15.0. The molecule has 138 valence electrons. The molecule has 0 fully saturated rings. The number of aliphatic hydroxyl groups is 1. The van der Waals surface area contributed by atoms with Crippen LogP contribution in [0.5, 0.6) is 0 Å². The summed E-state index contributed by atoms with van der Waals surface area (Å²) in [7, 11) is 0. The van der Waals surface area contributed by atoms with E-state index < -0.39 is 5.60 Å². The minimum Gasteiger partial charge on any atom is -0.466 e. The predicted octanol–water partition coefficient (Wildman–Crippen LogP) is 4.26. The van der Waals surface area contributed by atoms with Gasteiger partial charge in [-0.1, -0.05) is 42.5 Å². The van der Waals surface area contributed by atoms with Crippen LogP contribution in [0.15, 0.2) is 65.1 Å². The molecule has 0 spiro atoms. The maximum atomic E-state index is 13.3. The Kier molecular flexibility index (Phi) is 4.36. The van der Waals surface area contributed by atoms with Gasteiger partial charge in [0.2, 0.25) is 0 Å². The second-order valence-corrected chi connectivity index (χ2v) is 7.21. The summed E-state index contributed by atoms with van der Waals surface area (Å²) >= 11 is 0. The van der Waals surface area contributed by atoms with Gasteiger partial charge in [0.15, 0.2) is 5.60 Å². The second-order valence-electron chi connectivity index (χ2n) is 7.21. The number of hydrogen-bond acceptors (Lipinski definition) is 3. The molecule has 1 atom stereocenters. The molecular weight excluding hydrogens is 338 g/mol. The number of fused-ring (bicyclic) bond motifs is 1. The van der Waals surface area contributed by atoms with Gasteiger partial charge >= 0.3 is 0 Å². The van der Waals surface area contributed by atoms with Crippen LogP contribution in [0.4, 0.5) is 5.69 Å². The largest absolute Gasteiger partial charge is 0.466 e. The number of hydrogen-bond donors (Lipinski definition) is 1. The fourth-order valence-corrected chi connectivity index (χ4v) is 3.79. The molecule has 1 amide bonds. The minimum atomic E-state index is -1.53. The number of carbonyl (C=O) groups excluding carboxylic acids is 1. The predicted molar refractivity (Wildman–Crippen MR) is 104 cm³/mol. The van der Waals surface area contributed by atoms with Crippen LogP contribution in [0, 0.1) is 13.8 Å². The average Bonchev–Trinajstić information content (AvgIpc) is 3.18. The van der Waals surface area contributed by atoms with Crippen molar-refractivity contribution in [3.05, 3.63) is 88.9 Å². The molecule has 4 heteroatoms. The Morgan fingerprint density at radius 2 is 1.74 bits per heavy atom. The summed E-state index contributed by atoms with van der Waals surface area (Å²) in [5, 5.41) is 11.4. The first-order valence-corrected chi connectivity index (χ1v) is 9.23. The van der Waals surface area contributed by atoms with Crippen LogP contribution >= 0.6 is 0 Å². The zero-order valence-corrected chi connectivity index (χ0v) is 15.6. The molecule has 0 radical (unpaired) electrons. The smallest absolute Gasteiger partial charge is 0.264 e. The van der Waals surface area contributed by atoms with Crippen molar-refractivity contribution < 1.29 is 14.3 Å². The van der Waals surface area contributed by atoms with E-state index in [1.54, 1.807) is 4.90 Å². The van der Waals surface area contributed by atoms with Crippen LogP contribution in [-0.2, 0) is 23.4 Å². The van der Waals surface area contributed by atoms with Gasteiger partial charge in [-0.25, -0.2) is 0 Å². The van der Waals surface area contributed by atoms with E-state index in [9.17, 15) is 9.90 Å². The monoisotopic (exact) mass is 361 g/mol. The minimum absolute atomic E-state index is 0.268. The lowest BCUT2D eigenvalue weighted by atomic mass is 9.90. The first-order chi connectivity index (χ1) is 13.0. The average molecular weight is 361 g/mol. The Bertz CT molecular complexity index is 991. The summed E-state index contributed by atoms with van der Waals surface area (Å²) in [5.41, 5.74) is 2.13. The fourth-order valence-electron chi connectivity index (χ4n) is 3.79. The van der Waals surface area contributed by atoms with E-state index in [1.807, 2.05) is 74.5 Å². The summed E-state index contributed by atoms with van der Waals surface area (Å²) in [6, 6.07) is 19.3. The van der Waals surface area contributed by atoms with Gasteiger partial charge in [-0.15, -0.1) is 0 Å². The van der Waals surface area contributed by atoms with Crippen molar-refractivity contribution in [1.82, 2.24) is 0 Å². The van der Waals surface area contributed by atoms with Crippen molar-refractivity contribution in [1.29, 1.82) is 0 Å². The second kappa shape index (κ2) is 6.71. The zero-order chi connectivity index (χ0) is 19.0. The molecule has 4 rings (SSSR count). The molecule has 0 aliphatic carbocycles. The van der Waals surface area contributed by atoms with E-state index >= 15 is 0 Å². The lowest BCUT2D eigenvalue weighted by Gasteiger charge is -2.23. The molecule has 1 N–H and O–H groups in total. The molecule has 1 unspecified atom stereocenters. The molecule has 1 aliphatic heterocycles. The number of para-hydroxylation sites is 1. The SMILES string of the molecule is Cc1ccc(CCC2(O)C(=O)N(Cc3ccccc3C)c3ccccc32)o1. The van der Waals surface area contributed by atoms with Crippen molar-refractivity contribution in [2.24, 2.45) is 0 Å². The zero-order valence-electron chi connectivity index (χ0n) is 15.6. The Hall–Kier alpha value is -2.85. The number of rotatable bonds is 5. The van der Waals surface area contributed by atoms with Gasteiger partial charge < -0.3 is 14.4 Å². The topological polar surface area (TPSA) is 53.7 Å². The molecule has 1 aromatic heterocycles. The van der Waals surface area contributed by atoms with E-state index in [2.05, 4.69) is 0 Å². The van der Waals surface area contributed by atoms with Gasteiger partial charge in [0.25, 0.3) is 5.91 Å². The highest BCUT2D eigenvalue weighted by atomic mass is 16.3. The Labute approximate surface area is 159 Å². The number of benzene rings is 2. The highest BCUT2D eigenvalue weighted by Gasteiger charge is 2.49. The van der Waals surface area contributed by atoms with E-state index in [0.717, 1.165) is 28.3 Å². The third-order valence-corrected chi connectivity index (χ3v) is 5.36. The Balaban J connectivity index is 1.65. The van der Waals surface area contributed by atoms with Crippen molar-refractivity contribution in [2.75, 3.05) is 4.90 Å². The van der Waals surface area contributed by atoms with Crippen LogP contribution in [0.25, 0.3) is 0 Å². The fraction of sp³-hybridized carbons (Fsp3) is 0.261. The molecule has 1 aliphatic rings. The molecule has 27 heavy (non-hydrogen) atoms. The number of carbonyl (C=O) groups is 1. The molecule has 2 aromatic carbocycles. The van der Waals surface area contributed by atoms with E-state index in [4.69, 9.17) is 4.42 Å². The maximum Gasteiger partial charge on any atom is 0.264 e. The van der Waals surface area contributed by atoms with Crippen LogP contribution < -0.4 is 4.90 Å². The molecule has 3 aromatic rings. The van der Waals surface area contributed by atoms with Crippen molar-refractivity contribution >= 4 is 11.6 Å². The highest BCUT2D eigenvalue weighted by Crippen LogP contribution is 2.43. The van der Waals surface area contributed by atoms with Gasteiger partial charge in [0.1, 0.15) is 11.5 Å². The molecule has 2 heterocycles. The summed E-state index contributed by atoms with van der Waals surface area (Å²) in [6.07, 6.45) is 0.794. The summed E-state index contributed by atoms with van der Waals surface area (Å²) in [5.74, 6) is 1.34. The number of anilines is 1. The quantitative estimate of drug-likeness (QED) is 0.739. The third-order valence-electron chi connectivity index (χ3n) is 5.36. The van der Waals surface area contributed by atoms with Gasteiger partial charge in [0, 0.05) is 12.0 Å². The van der Waals surface area contributed by atoms with E-state index in [0.29, 0.717) is 24.9 Å². The summed E-state index contributed by atoms with van der Waals surface area (Å²) in [6.45, 7) is 4.37. The van der Waals surface area contributed by atoms with E-state index in [-0.39, 0.29) is 5.91 Å². The van der Waals surface area contributed by atoms with Crippen LogP contribution in [0.2, 0.25) is 0 Å². The number of furan rings is 1. The first-order valence-electron chi connectivity index (χ1n) is 9.23. The highest BCUT2D eigenvalue weighted by molar-refractivity contribution is 6.06. The number of amides is 1. The van der Waals surface area contributed by atoms with Crippen molar-refractivity contribution in [2.45, 2.75) is 38.8 Å². The summed E-state index contributed by atoms with van der Waals surface area (Å²) < 4.78 is 5.61. The van der Waals surface area contributed by atoms with Gasteiger partial charge in [0.05, 0.1) is 12.2 Å². The lowest BCUT2D eigenvalue weighted by Crippen LogP contribution is -2.40. The molecule has 0 bridgehead atoms. The third kappa shape index (κ3) is 3.06. The van der Waals surface area contributed by atoms with Crippen LogP contribution in [-0.4, -0.2) is 11.0 Å². The molecule has 0 saturated heterocycles. The van der Waals surface area contributed by atoms with Crippen molar-refractivity contribution in [3.63, 3.8) is 0 Å². The molecule has 4 nitrogen and oxygen atoms in total. The lowest BCUT2D eigenvalue weighted by molar-refractivity contribution is -0.136. The number of nitrogens with zero attached hydrogens (tertiary/aromatic N) is 1. The standard InChI is InChI=1S/C23H23NO3/c1-16-7-3-4-8-18(16)15-24-21-10-6-5-9-20(21)23(26,22(24)25)14-13-19-12-11-17(2)27-19/h3-12,26H,13-15H2,1-2H3. The number of aryl methyl sites for hydroxylation is 3. The van der Waals surface area contributed by atoms with Crippen LogP contribution in [0.3, 0.4) is 0 Å². The Morgan fingerprint density at radius 1 is 1.00 bits per heavy atom. The van der Waals surface area contributed by atoms with Gasteiger partial charge in [-0.3, -0.25) is 4.79 Å². The Morgan fingerprint density at radius 3 is 2.48 bits per heavy atom. The molecule has 0 saturated carbocycles. The first kappa shape index (κ1) is 17.6. The van der Waals surface area contributed by atoms with Crippen LogP contribution in [0.1, 0.15) is 34.6 Å². The normalized spacial score (nSPS) is 18.8. The van der Waals surface area contributed by atoms with Gasteiger partial charge in [-0.2, -0.15) is 0 Å².